The number of benzene rings is 1. The lowest BCUT2D eigenvalue weighted by molar-refractivity contribution is -0.121. The maximum atomic E-state index is 13.1. The van der Waals surface area contributed by atoms with Crippen LogP contribution in [0.15, 0.2) is 18.2 Å². The minimum absolute atomic E-state index is 0.0485. The second-order valence-corrected chi connectivity index (χ2v) is 7.11. The summed E-state index contributed by atoms with van der Waals surface area (Å²) in [4.78, 5) is 29.2. The maximum absolute atomic E-state index is 13.1. The fourth-order valence-corrected chi connectivity index (χ4v) is 4.01. The molecule has 1 aromatic rings. The number of hydrogen-bond donors (Lipinski definition) is 1. The topological polar surface area (TPSA) is 61.9 Å². The first kappa shape index (κ1) is 17.7. The quantitative estimate of drug-likeness (QED) is 0.881. The normalized spacial score (nSPS) is 24.8. The van der Waals surface area contributed by atoms with E-state index in [9.17, 15) is 9.59 Å². The number of methoxy groups -OCH3 is 1. The van der Waals surface area contributed by atoms with E-state index in [0.717, 1.165) is 30.7 Å². The van der Waals surface area contributed by atoms with Crippen LogP contribution in [-0.4, -0.2) is 67.5 Å². The van der Waals surface area contributed by atoms with Crippen molar-refractivity contribution in [3.63, 3.8) is 0 Å². The van der Waals surface area contributed by atoms with E-state index >= 15 is 0 Å². The highest BCUT2D eigenvalue weighted by atomic mass is 16.5. The molecule has 0 aromatic heterocycles. The van der Waals surface area contributed by atoms with E-state index in [1.807, 2.05) is 30.0 Å². The molecule has 1 aromatic carbocycles. The van der Waals surface area contributed by atoms with Crippen molar-refractivity contribution in [1.82, 2.24) is 15.1 Å². The third-order valence-electron chi connectivity index (χ3n) is 5.75. The Morgan fingerprint density at radius 2 is 2.08 bits per heavy atom. The third-order valence-corrected chi connectivity index (χ3v) is 5.75. The van der Waals surface area contributed by atoms with Crippen LogP contribution in [0, 0.1) is 6.92 Å². The molecule has 0 bridgehead atoms. The van der Waals surface area contributed by atoms with Crippen molar-refractivity contribution in [3.8, 4) is 5.75 Å². The average Bonchev–Trinajstić information content (AvgIpc) is 2.79. The van der Waals surface area contributed by atoms with Gasteiger partial charge >= 0.3 is 0 Å². The van der Waals surface area contributed by atoms with Gasteiger partial charge in [0.05, 0.1) is 7.11 Å². The number of carbonyl (C=O) groups excluding carboxylic acids is 2. The second kappa shape index (κ2) is 7.04. The number of amides is 2. The van der Waals surface area contributed by atoms with Crippen LogP contribution in [-0.2, 0) is 4.79 Å². The van der Waals surface area contributed by atoms with E-state index in [1.165, 1.54) is 0 Å². The molecule has 1 atom stereocenters. The lowest BCUT2D eigenvalue weighted by atomic mass is 9.86. The molecule has 3 rings (SSSR count). The summed E-state index contributed by atoms with van der Waals surface area (Å²) in [5.41, 5.74) is 1.45. The van der Waals surface area contributed by atoms with Gasteiger partial charge in [0.15, 0.2) is 0 Å². The summed E-state index contributed by atoms with van der Waals surface area (Å²) < 4.78 is 5.35. The highest BCUT2D eigenvalue weighted by Gasteiger charge is 2.42. The first-order chi connectivity index (χ1) is 12.0. The predicted octanol–water partition coefficient (Wildman–Crippen LogP) is 1.43. The number of nitrogens with zero attached hydrogens (tertiary/aromatic N) is 2. The molecule has 0 radical (unpaired) electrons. The Labute approximate surface area is 149 Å². The number of rotatable bonds is 2. The number of nitrogens with one attached hydrogen (secondary N) is 1. The van der Waals surface area contributed by atoms with Gasteiger partial charge in [0, 0.05) is 49.3 Å². The summed E-state index contributed by atoms with van der Waals surface area (Å²) in [6.07, 6.45) is 2.18. The molecule has 1 spiro atoms. The molecule has 0 saturated carbocycles. The molecule has 2 aliphatic heterocycles. The van der Waals surface area contributed by atoms with Gasteiger partial charge in [-0.05, 0) is 38.9 Å². The Kier molecular flexibility index (Phi) is 4.99. The lowest BCUT2D eigenvalue weighted by Gasteiger charge is -2.49. The second-order valence-electron chi connectivity index (χ2n) is 7.11. The molecule has 2 saturated heterocycles. The van der Waals surface area contributed by atoms with Crippen LogP contribution >= 0.6 is 0 Å². The van der Waals surface area contributed by atoms with Gasteiger partial charge < -0.3 is 15.0 Å². The number of likely N-dealkylation sites (N-methyl/N-ethyl adjacent to an activating group) is 1. The predicted molar refractivity (Wildman–Crippen MR) is 95.9 cm³/mol. The molecule has 136 valence electrons. The van der Waals surface area contributed by atoms with Crippen LogP contribution in [0.5, 0.6) is 5.75 Å². The van der Waals surface area contributed by atoms with Crippen molar-refractivity contribution in [3.05, 3.63) is 29.3 Å². The van der Waals surface area contributed by atoms with Crippen LogP contribution in [0.3, 0.4) is 0 Å². The van der Waals surface area contributed by atoms with E-state index in [2.05, 4.69) is 17.3 Å². The molecular weight excluding hydrogens is 318 g/mol. The Balaban J connectivity index is 1.83. The van der Waals surface area contributed by atoms with Gasteiger partial charge in [-0.3, -0.25) is 14.5 Å². The fourth-order valence-electron chi connectivity index (χ4n) is 4.01. The summed E-state index contributed by atoms with van der Waals surface area (Å²) >= 11 is 0. The molecule has 2 heterocycles. The van der Waals surface area contributed by atoms with Crippen LogP contribution < -0.4 is 10.1 Å². The first-order valence-electron chi connectivity index (χ1n) is 8.88. The molecule has 2 fully saturated rings. The molecular formula is C19H27N3O3. The number of hydrogen-bond acceptors (Lipinski definition) is 4. The van der Waals surface area contributed by atoms with Gasteiger partial charge in [0.25, 0.3) is 5.91 Å². The Bertz CT molecular complexity index is 676. The van der Waals surface area contributed by atoms with E-state index in [0.29, 0.717) is 31.6 Å². The molecule has 6 heteroatoms. The van der Waals surface area contributed by atoms with E-state index < -0.39 is 0 Å². The zero-order chi connectivity index (χ0) is 18.0. The lowest BCUT2D eigenvalue weighted by Crippen LogP contribution is -2.62. The average molecular weight is 345 g/mol. The van der Waals surface area contributed by atoms with Crippen molar-refractivity contribution >= 4 is 11.8 Å². The molecule has 1 unspecified atom stereocenters. The molecule has 2 aliphatic rings. The third kappa shape index (κ3) is 3.35. The molecule has 1 N–H and O–H groups in total. The van der Waals surface area contributed by atoms with Crippen LogP contribution in [0.25, 0.3) is 0 Å². The number of ether oxygens (including phenoxy) is 1. The van der Waals surface area contributed by atoms with Crippen molar-refractivity contribution in [2.45, 2.75) is 31.7 Å². The zero-order valence-corrected chi connectivity index (χ0v) is 15.3. The van der Waals surface area contributed by atoms with E-state index in [1.54, 1.807) is 7.11 Å². The maximum Gasteiger partial charge on any atom is 0.254 e. The zero-order valence-electron chi connectivity index (χ0n) is 15.3. The smallest absolute Gasteiger partial charge is 0.254 e. The van der Waals surface area contributed by atoms with Gasteiger partial charge in [-0.15, -0.1) is 0 Å². The Morgan fingerprint density at radius 1 is 1.28 bits per heavy atom. The minimum atomic E-state index is -0.125. The van der Waals surface area contributed by atoms with E-state index in [4.69, 9.17) is 4.74 Å². The van der Waals surface area contributed by atoms with Crippen molar-refractivity contribution in [1.29, 1.82) is 0 Å². The van der Waals surface area contributed by atoms with Crippen LogP contribution in [0.1, 0.15) is 35.2 Å². The summed E-state index contributed by atoms with van der Waals surface area (Å²) in [5, 5.41) is 2.95. The van der Waals surface area contributed by atoms with Crippen LogP contribution in [0.4, 0.5) is 0 Å². The van der Waals surface area contributed by atoms with Gasteiger partial charge in [-0.2, -0.15) is 0 Å². The van der Waals surface area contributed by atoms with Crippen molar-refractivity contribution in [2.75, 3.05) is 40.3 Å². The summed E-state index contributed by atoms with van der Waals surface area (Å²) in [7, 11) is 3.73. The molecule has 0 aliphatic carbocycles. The Morgan fingerprint density at radius 3 is 2.84 bits per heavy atom. The standard InChI is InChI=1S/C19H27N3O3/c1-14-15(5-4-6-16(14)25-3)18(24)22-12-11-21(2)19(13-22)8-7-17(23)20-10-9-19/h4-6H,7-13H2,1-3H3,(H,20,23). The molecule has 2 amide bonds. The summed E-state index contributed by atoms with van der Waals surface area (Å²) in [6.45, 7) is 4.78. The number of carbonyl (C=O) groups is 2. The number of piperazine rings is 1. The molecule has 6 nitrogen and oxygen atoms in total. The van der Waals surface area contributed by atoms with Crippen LogP contribution in [0.2, 0.25) is 0 Å². The minimum Gasteiger partial charge on any atom is -0.496 e. The molecule has 25 heavy (non-hydrogen) atoms. The first-order valence-corrected chi connectivity index (χ1v) is 8.88. The van der Waals surface area contributed by atoms with Crippen molar-refractivity contribution in [2.24, 2.45) is 0 Å². The highest BCUT2D eigenvalue weighted by Crippen LogP contribution is 2.32. The summed E-state index contributed by atoms with van der Waals surface area (Å²) in [6, 6.07) is 5.60. The van der Waals surface area contributed by atoms with Crippen molar-refractivity contribution < 1.29 is 14.3 Å². The largest absolute Gasteiger partial charge is 0.496 e. The SMILES string of the molecule is COc1cccc(C(=O)N2CCN(C)C3(CCNC(=O)CC3)C2)c1C. The fraction of sp³-hybridized carbons (Fsp3) is 0.579. The van der Waals surface area contributed by atoms with Gasteiger partial charge in [-0.1, -0.05) is 6.07 Å². The summed E-state index contributed by atoms with van der Waals surface area (Å²) in [5.74, 6) is 0.892. The highest BCUT2D eigenvalue weighted by molar-refractivity contribution is 5.96. The Hall–Kier alpha value is -2.08. The van der Waals surface area contributed by atoms with Gasteiger partial charge in [0.1, 0.15) is 5.75 Å². The van der Waals surface area contributed by atoms with Gasteiger partial charge in [-0.25, -0.2) is 0 Å². The van der Waals surface area contributed by atoms with E-state index in [-0.39, 0.29) is 17.4 Å². The van der Waals surface area contributed by atoms with Gasteiger partial charge in [0.2, 0.25) is 5.91 Å². The monoisotopic (exact) mass is 345 g/mol.